The average Bonchev–Trinajstić information content (AvgIpc) is 3.03. The normalized spacial score (nSPS) is 12.0. The van der Waals surface area contributed by atoms with E-state index in [-0.39, 0.29) is 35.6 Å². The zero-order valence-electron chi connectivity index (χ0n) is 13.7. The first-order chi connectivity index (χ1) is 11.4. The molecule has 1 atom stereocenters. The molecule has 1 aromatic heterocycles. The Morgan fingerprint density at radius 1 is 1.38 bits per heavy atom. The van der Waals surface area contributed by atoms with E-state index in [9.17, 15) is 9.59 Å². The van der Waals surface area contributed by atoms with Crippen LogP contribution < -0.4 is 0 Å². The van der Waals surface area contributed by atoms with E-state index in [1.54, 1.807) is 13.1 Å². The molecular formula is C16H19N3O5. The number of carboxylic acid groups (broad SMARTS) is 1. The number of aromatic carboxylic acids is 1. The first-order valence-electron chi connectivity index (χ1n) is 7.45. The Morgan fingerprint density at radius 2 is 2.08 bits per heavy atom. The third kappa shape index (κ3) is 4.17. The van der Waals surface area contributed by atoms with Gasteiger partial charge in [-0.05, 0) is 32.0 Å². The largest absolute Gasteiger partial charge is 0.478 e. The van der Waals surface area contributed by atoms with E-state index in [4.69, 9.17) is 14.4 Å². The molecule has 1 amide bonds. The van der Waals surface area contributed by atoms with Crippen molar-refractivity contribution >= 4 is 11.9 Å². The van der Waals surface area contributed by atoms with Gasteiger partial charge in [0.05, 0.1) is 12.1 Å². The van der Waals surface area contributed by atoms with Crippen LogP contribution in [0, 0.1) is 0 Å². The van der Waals surface area contributed by atoms with Crippen molar-refractivity contribution in [2.45, 2.75) is 26.5 Å². The molecule has 8 heteroatoms. The second-order valence-corrected chi connectivity index (χ2v) is 5.19. The summed E-state index contributed by atoms with van der Waals surface area (Å²) in [5.41, 5.74) is 0.333. The molecule has 1 N–H and O–H groups in total. The summed E-state index contributed by atoms with van der Waals surface area (Å²) in [7, 11) is 1.58. The highest BCUT2D eigenvalue weighted by atomic mass is 16.5. The standard InChI is InChI=1S/C16H19N3O5/c1-4-23-10(2)14-17-13(24-18-14)9-19(3)15(20)11-6-5-7-12(8-11)16(21)22/h5-8,10H,4,9H2,1-3H3,(H,21,22). The van der Waals surface area contributed by atoms with E-state index in [1.807, 2.05) is 13.8 Å². The van der Waals surface area contributed by atoms with Crippen molar-refractivity contribution in [1.82, 2.24) is 15.0 Å². The quantitative estimate of drug-likeness (QED) is 0.827. The highest BCUT2D eigenvalue weighted by Crippen LogP contribution is 2.14. The van der Waals surface area contributed by atoms with E-state index >= 15 is 0 Å². The number of amides is 1. The minimum atomic E-state index is -1.08. The van der Waals surface area contributed by atoms with Crippen molar-refractivity contribution in [2.24, 2.45) is 0 Å². The average molecular weight is 333 g/mol. The lowest BCUT2D eigenvalue weighted by atomic mass is 10.1. The van der Waals surface area contributed by atoms with Crippen LogP contribution in [0.2, 0.25) is 0 Å². The molecule has 0 fully saturated rings. The zero-order valence-corrected chi connectivity index (χ0v) is 13.7. The Morgan fingerprint density at radius 3 is 2.75 bits per heavy atom. The molecule has 1 heterocycles. The van der Waals surface area contributed by atoms with Crippen molar-refractivity contribution in [1.29, 1.82) is 0 Å². The monoisotopic (exact) mass is 333 g/mol. The Balaban J connectivity index is 2.06. The maximum atomic E-state index is 12.4. The Bertz CT molecular complexity index is 728. The molecule has 8 nitrogen and oxygen atoms in total. The molecule has 0 bridgehead atoms. The second kappa shape index (κ2) is 7.69. The first kappa shape index (κ1) is 17.6. The van der Waals surface area contributed by atoms with Crippen LogP contribution in [0.3, 0.4) is 0 Å². The summed E-state index contributed by atoms with van der Waals surface area (Å²) < 4.78 is 10.5. The highest BCUT2D eigenvalue weighted by molar-refractivity contribution is 5.97. The summed E-state index contributed by atoms with van der Waals surface area (Å²) in [6.07, 6.45) is -0.291. The lowest BCUT2D eigenvalue weighted by Gasteiger charge is -2.15. The van der Waals surface area contributed by atoms with Crippen LogP contribution in [0.1, 0.15) is 52.4 Å². The minimum absolute atomic E-state index is 0.0554. The maximum absolute atomic E-state index is 12.4. The van der Waals surface area contributed by atoms with Crippen LogP contribution >= 0.6 is 0 Å². The highest BCUT2D eigenvalue weighted by Gasteiger charge is 2.18. The van der Waals surface area contributed by atoms with Gasteiger partial charge in [0.25, 0.3) is 5.91 Å². The summed E-state index contributed by atoms with van der Waals surface area (Å²) in [5.74, 6) is -0.725. The summed E-state index contributed by atoms with van der Waals surface area (Å²) in [5, 5.41) is 12.8. The zero-order chi connectivity index (χ0) is 17.7. The maximum Gasteiger partial charge on any atom is 0.335 e. The minimum Gasteiger partial charge on any atom is -0.478 e. The van der Waals surface area contributed by atoms with Gasteiger partial charge in [0.1, 0.15) is 6.10 Å². The van der Waals surface area contributed by atoms with Gasteiger partial charge in [-0.2, -0.15) is 4.98 Å². The van der Waals surface area contributed by atoms with E-state index < -0.39 is 5.97 Å². The van der Waals surface area contributed by atoms with E-state index in [0.717, 1.165) is 0 Å². The number of hydrogen-bond acceptors (Lipinski definition) is 6. The van der Waals surface area contributed by atoms with E-state index in [2.05, 4.69) is 10.1 Å². The Labute approximate surface area is 139 Å². The number of carboxylic acids is 1. The first-order valence-corrected chi connectivity index (χ1v) is 7.45. The number of hydrogen-bond donors (Lipinski definition) is 1. The molecule has 1 unspecified atom stereocenters. The number of nitrogens with zero attached hydrogens (tertiary/aromatic N) is 3. The molecule has 128 valence electrons. The van der Waals surface area contributed by atoms with E-state index in [0.29, 0.717) is 12.4 Å². The van der Waals surface area contributed by atoms with Gasteiger partial charge < -0.3 is 19.3 Å². The molecule has 0 aliphatic heterocycles. The van der Waals surface area contributed by atoms with Gasteiger partial charge in [0.2, 0.25) is 5.89 Å². The van der Waals surface area contributed by atoms with Gasteiger partial charge in [-0.15, -0.1) is 0 Å². The Hall–Kier alpha value is -2.74. The SMILES string of the molecule is CCOC(C)c1noc(CN(C)C(=O)c2cccc(C(=O)O)c2)n1. The third-order valence-corrected chi connectivity index (χ3v) is 3.34. The van der Waals surface area contributed by atoms with Crippen molar-refractivity contribution in [3.8, 4) is 0 Å². The van der Waals surface area contributed by atoms with Crippen LogP contribution in [0.5, 0.6) is 0 Å². The van der Waals surface area contributed by atoms with Gasteiger partial charge in [0, 0.05) is 19.2 Å². The number of carbonyl (C=O) groups excluding carboxylic acids is 1. The molecule has 0 aliphatic rings. The number of rotatable bonds is 7. The predicted octanol–water partition coefficient (Wildman–Crippen LogP) is 2.14. The summed E-state index contributed by atoms with van der Waals surface area (Å²) in [6, 6.07) is 5.84. The molecule has 0 spiro atoms. The summed E-state index contributed by atoms with van der Waals surface area (Å²) in [4.78, 5) is 29.0. The number of carbonyl (C=O) groups is 2. The van der Waals surface area contributed by atoms with Crippen molar-refractivity contribution in [3.63, 3.8) is 0 Å². The van der Waals surface area contributed by atoms with Crippen LogP contribution in [0.25, 0.3) is 0 Å². The van der Waals surface area contributed by atoms with Gasteiger partial charge in [-0.25, -0.2) is 4.79 Å². The smallest absolute Gasteiger partial charge is 0.335 e. The molecule has 2 rings (SSSR count). The van der Waals surface area contributed by atoms with Crippen molar-refractivity contribution < 1.29 is 24.0 Å². The predicted molar refractivity (Wildman–Crippen MR) is 83.5 cm³/mol. The molecule has 1 aromatic carbocycles. The van der Waals surface area contributed by atoms with Crippen molar-refractivity contribution in [3.05, 3.63) is 47.1 Å². The molecule has 0 saturated heterocycles. The molecular weight excluding hydrogens is 314 g/mol. The van der Waals surface area contributed by atoms with Crippen LogP contribution in [0.4, 0.5) is 0 Å². The van der Waals surface area contributed by atoms with Crippen LogP contribution in [-0.4, -0.2) is 45.7 Å². The lowest BCUT2D eigenvalue weighted by Crippen LogP contribution is -2.26. The topological polar surface area (TPSA) is 106 Å². The van der Waals surface area contributed by atoms with Gasteiger partial charge in [0.15, 0.2) is 5.82 Å². The molecule has 0 aliphatic carbocycles. The fraction of sp³-hybridized carbons (Fsp3) is 0.375. The van der Waals surface area contributed by atoms with E-state index in [1.165, 1.54) is 23.1 Å². The Kier molecular flexibility index (Phi) is 5.64. The lowest BCUT2D eigenvalue weighted by molar-refractivity contribution is 0.0681. The molecule has 24 heavy (non-hydrogen) atoms. The molecule has 0 saturated carbocycles. The van der Waals surface area contributed by atoms with Gasteiger partial charge >= 0.3 is 5.97 Å². The summed E-state index contributed by atoms with van der Waals surface area (Å²) in [6.45, 7) is 4.32. The van der Waals surface area contributed by atoms with Crippen LogP contribution in [0.15, 0.2) is 28.8 Å². The number of benzene rings is 1. The van der Waals surface area contributed by atoms with Gasteiger partial charge in [-0.1, -0.05) is 11.2 Å². The van der Waals surface area contributed by atoms with Gasteiger partial charge in [-0.3, -0.25) is 4.79 Å². The molecule has 2 aromatic rings. The van der Waals surface area contributed by atoms with Crippen molar-refractivity contribution in [2.75, 3.05) is 13.7 Å². The summed E-state index contributed by atoms with van der Waals surface area (Å²) >= 11 is 0. The fourth-order valence-electron chi connectivity index (χ4n) is 2.10. The second-order valence-electron chi connectivity index (χ2n) is 5.19. The number of ether oxygens (including phenoxy) is 1. The molecule has 0 radical (unpaired) electrons. The fourth-order valence-corrected chi connectivity index (χ4v) is 2.10. The number of aromatic nitrogens is 2. The third-order valence-electron chi connectivity index (χ3n) is 3.34. The van der Waals surface area contributed by atoms with Crippen LogP contribution in [-0.2, 0) is 11.3 Å².